The van der Waals surface area contributed by atoms with Gasteiger partial charge in [0.2, 0.25) is 0 Å². The summed E-state index contributed by atoms with van der Waals surface area (Å²) in [5.41, 5.74) is 0. The van der Waals surface area contributed by atoms with Crippen molar-refractivity contribution in [2.45, 2.75) is 90.4 Å². The number of hydrogen-bond donors (Lipinski definition) is 2. The van der Waals surface area contributed by atoms with Gasteiger partial charge in [0.1, 0.15) is 0 Å². The van der Waals surface area contributed by atoms with E-state index < -0.39 is 11.9 Å². The van der Waals surface area contributed by atoms with E-state index in [2.05, 4.69) is 13.0 Å². The number of allylic oxidation sites excluding steroid dienone is 2. The highest BCUT2D eigenvalue weighted by atomic mass is 16.4. The van der Waals surface area contributed by atoms with Crippen LogP contribution in [0.2, 0.25) is 0 Å². The fraction of sp³-hybridized carbons (Fsp3) is 0.789. The molecular weight excluding hydrogens is 292 g/mol. The first-order chi connectivity index (χ1) is 11.1. The van der Waals surface area contributed by atoms with Gasteiger partial charge in [-0.3, -0.25) is 9.59 Å². The highest BCUT2D eigenvalue weighted by molar-refractivity contribution is 5.70. The first-order valence-electron chi connectivity index (χ1n) is 9.17. The van der Waals surface area contributed by atoms with Crippen LogP contribution in [-0.2, 0) is 9.59 Å². The largest absolute Gasteiger partial charge is 0.481 e. The molecule has 0 aromatic rings. The second kappa shape index (κ2) is 15.6. The maximum atomic E-state index is 11.2. The molecule has 0 rings (SSSR count). The molecule has 0 aliphatic rings. The van der Waals surface area contributed by atoms with Gasteiger partial charge in [-0.2, -0.15) is 0 Å². The highest BCUT2D eigenvalue weighted by Crippen LogP contribution is 2.16. The van der Waals surface area contributed by atoms with E-state index in [0.717, 1.165) is 57.8 Å². The summed E-state index contributed by atoms with van der Waals surface area (Å²) >= 11 is 0. The Balaban J connectivity index is 3.60. The van der Waals surface area contributed by atoms with Crippen LogP contribution in [0.3, 0.4) is 0 Å². The number of carbonyl (C=O) groups is 2. The van der Waals surface area contributed by atoms with E-state index in [1.54, 1.807) is 0 Å². The Kier molecular flexibility index (Phi) is 14.7. The summed E-state index contributed by atoms with van der Waals surface area (Å²) in [4.78, 5) is 21.6. The minimum absolute atomic E-state index is 0.237. The van der Waals surface area contributed by atoms with Gasteiger partial charge < -0.3 is 10.2 Å². The van der Waals surface area contributed by atoms with E-state index in [0.29, 0.717) is 6.42 Å². The molecule has 0 spiro atoms. The molecule has 0 fully saturated rings. The summed E-state index contributed by atoms with van der Waals surface area (Å²) in [5, 5.41) is 17.7. The van der Waals surface area contributed by atoms with Gasteiger partial charge in [0.25, 0.3) is 0 Å². The lowest BCUT2D eigenvalue weighted by Gasteiger charge is -2.09. The highest BCUT2D eigenvalue weighted by Gasteiger charge is 2.14. The molecule has 0 aliphatic heterocycles. The minimum Gasteiger partial charge on any atom is -0.481 e. The Morgan fingerprint density at radius 1 is 0.870 bits per heavy atom. The van der Waals surface area contributed by atoms with Crippen molar-refractivity contribution in [3.63, 3.8) is 0 Å². The molecule has 4 heteroatoms. The van der Waals surface area contributed by atoms with Gasteiger partial charge in [-0.15, -0.1) is 0 Å². The summed E-state index contributed by atoms with van der Waals surface area (Å²) < 4.78 is 0. The maximum absolute atomic E-state index is 11.2. The zero-order chi connectivity index (χ0) is 17.3. The Hall–Kier alpha value is -1.32. The van der Waals surface area contributed by atoms with Crippen LogP contribution in [0.25, 0.3) is 0 Å². The normalized spacial score (nSPS) is 12.6. The summed E-state index contributed by atoms with van der Waals surface area (Å²) in [6.07, 6.45) is 16.3. The van der Waals surface area contributed by atoms with Crippen LogP contribution in [0.15, 0.2) is 12.2 Å². The van der Waals surface area contributed by atoms with Gasteiger partial charge in [-0.1, -0.05) is 64.0 Å². The lowest BCUT2D eigenvalue weighted by molar-refractivity contribution is -0.142. The van der Waals surface area contributed by atoms with E-state index in [1.807, 2.05) is 6.08 Å². The van der Waals surface area contributed by atoms with Crippen molar-refractivity contribution in [1.82, 2.24) is 0 Å². The average molecular weight is 326 g/mol. The van der Waals surface area contributed by atoms with Crippen molar-refractivity contribution in [3.05, 3.63) is 12.2 Å². The summed E-state index contributed by atoms with van der Waals surface area (Å²) in [6, 6.07) is 0. The minimum atomic E-state index is -0.712. The molecule has 23 heavy (non-hydrogen) atoms. The van der Waals surface area contributed by atoms with Crippen molar-refractivity contribution in [2.75, 3.05) is 0 Å². The Bertz CT molecular complexity index is 336. The van der Waals surface area contributed by atoms with Crippen LogP contribution in [-0.4, -0.2) is 22.2 Å². The fourth-order valence-corrected chi connectivity index (χ4v) is 2.61. The van der Waals surface area contributed by atoms with Crippen molar-refractivity contribution in [1.29, 1.82) is 0 Å². The molecule has 0 amide bonds. The number of rotatable bonds is 16. The zero-order valence-corrected chi connectivity index (χ0v) is 14.6. The molecular formula is C19H34O4. The van der Waals surface area contributed by atoms with Crippen LogP contribution in [0.1, 0.15) is 90.4 Å². The monoisotopic (exact) mass is 326 g/mol. The SMILES string of the molecule is CCCCCCC(CC=CCCCCCCCC(=O)O)C(=O)O. The topological polar surface area (TPSA) is 74.6 Å². The molecule has 0 bridgehead atoms. The predicted molar refractivity (Wildman–Crippen MR) is 93.6 cm³/mol. The molecule has 0 aliphatic carbocycles. The molecule has 0 aromatic heterocycles. The molecule has 1 unspecified atom stereocenters. The van der Waals surface area contributed by atoms with Crippen LogP contribution in [0.5, 0.6) is 0 Å². The van der Waals surface area contributed by atoms with E-state index in [9.17, 15) is 14.7 Å². The number of aliphatic carboxylic acids is 2. The Morgan fingerprint density at radius 2 is 1.52 bits per heavy atom. The quantitative estimate of drug-likeness (QED) is 0.293. The van der Waals surface area contributed by atoms with Crippen LogP contribution >= 0.6 is 0 Å². The molecule has 0 aromatic carbocycles. The van der Waals surface area contributed by atoms with E-state index >= 15 is 0 Å². The number of hydrogen-bond acceptors (Lipinski definition) is 2. The molecule has 2 N–H and O–H groups in total. The van der Waals surface area contributed by atoms with Gasteiger partial charge in [-0.05, 0) is 32.1 Å². The molecule has 0 radical (unpaired) electrons. The molecule has 0 heterocycles. The van der Waals surface area contributed by atoms with Crippen molar-refractivity contribution in [3.8, 4) is 0 Å². The number of carboxylic acids is 2. The van der Waals surface area contributed by atoms with Crippen molar-refractivity contribution in [2.24, 2.45) is 5.92 Å². The van der Waals surface area contributed by atoms with Crippen LogP contribution in [0, 0.1) is 5.92 Å². The van der Waals surface area contributed by atoms with Crippen LogP contribution in [0.4, 0.5) is 0 Å². The standard InChI is InChI=1S/C19H34O4/c1-2-3-4-11-14-17(19(22)23)15-12-9-7-5-6-8-10-13-16-18(20)21/h9,12,17H,2-8,10-11,13-16H2,1H3,(H,20,21)(H,22,23). The lowest BCUT2D eigenvalue weighted by Crippen LogP contribution is -2.12. The van der Waals surface area contributed by atoms with Gasteiger partial charge in [-0.25, -0.2) is 0 Å². The fourth-order valence-electron chi connectivity index (χ4n) is 2.61. The number of carboxylic acid groups (broad SMARTS) is 2. The molecule has 0 saturated carbocycles. The Morgan fingerprint density at radius 3 is 2.17 bits per heavy atom. The lowest BCUT2D eigenvalue weighted by atomic mass is 9.97. The van der Waals surface area contributed by atoms with Gasteiger partial charge in [0, 0.05) is 6.42 Å². The van der Waals surface area contributed by atoms with Crippen molar-refractivity contribution >= 4 is 11.9 Å². The number of unbranched alkanes of at least 4 members (excludes halogenated alkanes) is 8. The van der Waals surface area contributed by atoms with E-state index in [4.69, 9.17) is 5.11 Å². The molecule has 134 valence electrons. The maximum Gasteiger partial charge on any atom is 0.306 e. The first kappa shape index (κ1) is 21.7. The average Bonchev–Trinajstić information content (AvgIpc) is 2.50. The summed E-state index contributed by atoms with van der Waals surface area (Å²) in [5.74, 6) is -1.63. The second-order valence-corrected chi connectivity index (χ2v) is 6.29. The van der Waals surface area contributed by atoms with Crippen LogP contribution < -0.4 is 0 Å². The summed E-state index contributed by atoms with van der Waals surface area (Å²) in [7, 11) is 0. The third-order valence-corrected chi connectivity index (χ3v) is 4.10. The smallest absolute Gasteiger partial charge is 0.306 e. The van der Waals surface area contributed by atoms with Gasteiger partial charge >= 0.3 is 11.9 Å². The zero-order valence-electron chi connectivity index (χ0n) is 14.6. The predicted octanol–water partition coefficient (Wildman–Crippen LogP) is 5.42. The second-order valence-electron chi connectivity index (χ2n) is 6.29. The molecule has 4 nitrogen and oxygen atoms in total. The summed E-state index contributed by atoms with van der Waals surface area (Å²) in [6.45, 7) is 2.16. The van der Waals surface area contributed by atoms with Gasteiger partial charge in [0.15, 0.2) is 0 Å². The first-order valence-corrected chi connectivity index (χ1v) is 9.17. The van der Waals surface area contributed by atoms with E-state index in [-0.39, 0.29) is 12.3 Å². The van der Waals surface area contributed by atoms with Crippen molar-refractivity contribution < 1.29 is 19.8 Å². The molecule has 1 atom stereocenters. The van der Waals surface area contributed by atoms with Gasteiger partial charge in [0.05, 0.1) is 5.92 Å². The third kappa shape index (κ3) is 15.4. The third-order valence-electron chi connectivity index (χ3n) is 4.10. The van der Waals surface area contributed by atoms with E-state index in [1.165, 1.54) is 12.8 Å². The molecule has 0 saturated heterocycles. The Labute approximate surface area is 141 Å².